The Morgan fingerprint density at radius 2 is 1.78 bits per heavy atom. The number of thiophene rings is 1. The highest BCUT2D eigenvalue weighted by atomic mass is 32.1. The molecule has 0 unspecified atom stereocenters. The molecule has 0 N–H and O–H groups in total. The van der Waals surface area contributed by atoms with Crippen molar-refractivity contribution in [3.63, 3.8) is 0 Å². The van der Waals surface area contributed by atoms with E-state index in [-0.39, 0.29) is 17.8 Å². The smallest absolute Gasteiger partial charge is 0.331 e. The fraction of sp³-hybridized carbons (Fsp3) is 0.429. The van der Waals surface area contributed by atoms with E-state index in [2.05, 4.69) is 0 Å². The Bertz CT molecular complexity index is 1040. The van der Waals surface area contributed by atoms with Crippen molar-refractivity contribution in [2.24, 2.45) is 5.92 Å². The molecule has 0 atom stereocenters. The van der Waals surface area contributed by atoms with Gasteiger partial charge in [-0.15, -0.1) is 11.3 Å². The number of aromatic nitrogens is 2. The molecule has 2 heterocycles. The minimum Gasteiger partial charge on any atom is -0.497 e. The summed E-state index contributed by atoms with van der Waals surface area (Å²) < 4.78 is 9.06. The number of ether oxygens (including phenoxy) is 1. The number of methoxy groups -OCH3 is 1. The van der Waals surface area contributed by atoms with Gasteiger partial charge in [0.25, 0.3) is 5.56 Å². The second-order valence-electron chi connectivity index (χ2n) is 7.27. The van der Waals surface area contributed by atoms with Gasteiger partial charge in [0.15, 0.2) is 0 Å². The van der Waals surface area contributed by atoms with Gasteiger partial charge in [-0.3, -0.25) is 13.9 Å². The molecule has 1 fully saturated rings. The van der Waals surface area contributed by atoms with E-state index < -0.39 is 0 Å². The fourth-order valence-electron chi connectivity index (χ4n) is 3.99. The van der Waals surface area contributed by atoms with E-state index >= 15 is 0 Å². The van der Waals surface area contributed by atoms with Crippen LogP contribution in [0.2, 0.25) is 0 Å². The Hall–Kier alpha value is -2.34. The van der Waals surface area contributed by atoms with Crippen molar-refractivity contribution in [3.05, 3.63) is 62.1 Å². The lowest BCUT2D eigenvalue weighted by Crippen LogP contribution is -2.41. The van der Waals surface area contributed by atoms with Crippen LogP contribution in [0.3, 0.4) is 0 Å². The van der Waals surface area contributed by atoms with Crippen LogP contribution in [-0.2, 0) is 13.1 Å². The summed E-state index contributed by atoms with van der Waals surface area (Å²) in [7, 11) is 1.62. The first kappa shape index (κ1) is 18.0. The van der Waals surface area contributed by atoms with Crippen molar-refractivity contribution < 1.29 is 4.74 Å². The quantitative estimate of drug-likeness (QED) is 0.671. The molecule has 142 valence electrons. The molecule has 6 heteroatoms. The molecule has 1 aliphatic carbocycles. The normalized spacial score (nSPS) is 15.3. The van der Waals surface area contributed by atoms with Crippen LogP contribution in [-0.4, -0.2) is 16.2 Å². The van der Waals surface area contributed by atoms with E-state index in [4.69, 9.17) is 4.74 Å². The predicted octanol–water partition coefficient (Wildman–Crippen LogP) is 3.86. The molecule has 4 rings (SSSR count). The average molecular weight is 385 g/mol. The van der Waals surface area contributed by atoms with E-state index in [0.717, 1.165) is 29.7 Å². The second kappa shape index (κ2) is 7.72. The molecule has 0 amide bonds. The van der Waals surface area contributed by atoms with Crippen LogP contribution in [0.25, 0.3) is 10.2 Å². The molecule has 0 spiro atoms. The van der Waals surface area contributed by atoms with Crippen LogP contribution in [0.5, 0.6) is 5.75 Å². The molecule has 0 saturated heterocycles. The molecule has 5 nitrogen and oxygen atoms in total. The van der Waals surface area contributed by atoms with Gasteiger partial charge in [0.05, 0.1) is 19.2 Å². The highest BCUT2D eigenvalue weighted by Gasteiger charge is 2.19. The van der Waals surface area contributed by atoms with Crippen molar-refractivity contribution in [2.75, 3.05) is 7.11 Å². The molecule has 0 radical (unpaired) electrons. The zero-order valence-electron chi connectivity index (χ0n) is 15.5. The molecular formula is C21H24N2O3S. The number of hydrogen-bond acceptors (Lipinski definition) is 4. The molecule has 1 saturated carbocycles. The van der Waals surface area contributed by atoms with E-state index in [1.165, 1.54) is 35.2 Å². The number of nitrogens with zero attached hydrogens (tertiary/aromatic N) is 2. The standard InChI is InChI=1S/C21H24N2O3S/c1-26-17-9-7-16(8-10-17)14-23-20(24)19-18(11-12-27-19)22(21(23)25)13-15-5-3-2-4-6-15/h7-12,15H,2-6,13-14H2,1H3. The van der Waals surface area contributed by atoms with E-state index in [1.807, 2.05) is 40.3 Å². The van der Waals surface area contributed by atoms with E-state index in [9.17, 15) is 9.59 Å². The minimum absolute atomic E-state index is 0.194. The molecule has 27 heavy (non-hydrogen) atoms. The van der Waals surface area contributed by atoms with Crippen LogP contribution < -0.4 is 16.0 Å². The SMILES string of the molecule is COc1ccc(Cn2c(=O)c3sccc3n(CC3CCCCC3)c2=O)cc1. The van der Waals surface area contributed by atoms with Gasteiger partial charge in [0.1, 0.15) is 10.4 Å². The first-order valence-corrected chi connectivity index (χ1v) is 10.4. The van der Waals surface area contributed by atoms with Gasteiger partial charge in [-0.1, -0.05) is 31.4 Å². The Morgan fingerprint density at radius 3 is 2.48 bits per heavy atom. The largest absolute Gasteiger partial charge is 0.497 e. The van der Waals surface area contributed by atoms with E-state index in [0.29, 0.717) is 17.2 Å². The Kier molecular flexibility index (Phi) is 5.16. The van der Waals surface area contributed by atoms with Crippen LogP contribution in [0, 0.1) is 5.92 Å². The van der Waals surface area contributed by atoms with Crippen LogP contribution in [0.1, 0.15) is 37.7 Å². The zero-order valence-corrected chi connectivity index (χ0v) is 16.3. The zero-order chi connectivity index (χ0) is 18.8. The lowest BCUT2D eigenvalue weighted by molar-refractivity contribution is 0.316. The Morgan fingerprint density at radius 1 is 1.04 bits per heavy atom. The van der Waals surface area contributed by atoms with Crippen LogP contribution in [0.15, 0.2) is 45.3 Å². The summed E-state index contributed by atoms with van der Waals surface area (Å²) in [6.07, 6.45) is 6.08. The average Bonchev–Trinajstić information content (AvgIpc) is 3.20. The summed E-state index contributed by atoms with van der Waals surface area (Å²) in [5.41, 5.74) is 1.30. The van der Waals surface area contributed by atoms with Crippen molar-refractivity contribution in [1.82, 2.24) is 9.13 Å². The molecular weight excluding hydrogens is 360 g/mol. The van der Waals surface area contributed by atoms with Crippen molar-refractivity contribution >= 4 is 21.6 Å². The van der Waals surface area contributed by atoms with Crippen LogP contribution >= 0.6 is 11.3 Å². The summed E-state index contributed by atoms with van der Waals surface area (Å²) in [5, 5.41) is 1.90. The summed E-state index contributed by atoms with van der Waals surface area (Å²) in [5.74, 6) is 1.28. The third kappa shape index (κ3) is 3.58. The number of benzene rings is 1. The van der Waals surface area contributed by atoms with Gasteiger partial charge in [-0.2, -0.15) is 0 Å². The van der Waals surface area contributed by atoms with Crippen molar-refractivity contribution in [3.8, 4) is 5.75 Å². The van der Waals surface area contributed by atoms with Crippen molar-refractivity contribution in [1.29, 1.82) is 0 Å². The Labute approximate surface area is 161 Å². The maximum atomic E-state index is 13.2. The third-order valence-corrected chi connectivity index (χ3v) is 6.39. The maximum Gasteiger partial charge on any atom is 0.331 e. The van der Waals surface area contributed by atoms with Crippen molar-refractivity contribution in [2.45, 2.75) is 45.2 Å². The molecule has 0 aliphatic heterocycles. The summed E-state index contributed by atoms with van der Waals surface area (Å²) in [6.45, 7) is 0.981. The van der Waals surface area contributed by atoms with Gasteiger partial charge in [0.2, 0.25) is 0 Å². The number of rotatable bonds is 5. The first-order chi connectivity index (χ1) is 13.2. The molecule has 0 bridgehead atoms. The molecule has 1 aromatic carbocycles. The lowest BCUT2D eigenvalue weighted by Gasteiger charge is -2.23. The highest BCUT2D eigenvalue weighted by molar-refractivity contribution is 7.17. The highest BCUT2D eigenvalue weighted by Crippen LogP contribution is 2.26. The number of fused-ring (bicyclic) bond motifs is 1. The minimum atomic E-state index is -0.202. The van der Waals surface area contributed by atoms with Crippen LogP contribution in [0.4, 0.5) is 0 Å². The molecule has 2 aromatic heterocycles. The molecule has 1 aliphatic rings. The fourth-order valence-corrected chi connectivity index (χ4v) is 4.83. The lowest BCUT2D eigenvalue weighted by atomic mass is 9.89. The third-order valence-electron chi connectivity index (χ3n) is 5.50. The summed E-state index contributed by atoms with van der Waals surface area (Å²) in [6, 6.07) is 9.40. The predicted molar refractivity (Wildman–Crippen MR) is 109 cm³/mol. The molecule has 3 aromatic rings. The van der Waals surface area contributed by atoms with Gasteiger partial charge in [-0.25, -0.2) is 4.79 Å². The maximum absolute atomic E-state index is 13.2. The topological polar surface area (TPSA) is 53.2 Å². The Balaban J connectivity index is 1.75. The monoisotopic (exact) mass is 384 g/mol. The van der Waals surface area contributed by atoms with Gasteiger partial charge in [0, 0.05) is 6.54 Å². The summed E-state index contributed by atoms with van der Waals surface area (Å²) in [4.78, 5) is 26.1. The van der Waals surface area contributed by atoms with Gasteiger partial charge >= 0.3 is 5.69 Å². The summed E-state index contributed by atoms with van der Waals surface area (Å²) >= 11 is 1.42. The first-order valence-electron chi connectivity index (χ1n) is 9.51. The van der Waals surface area contributed by atoms with Gasteiger partial charge in [-0.05, 0) is 47.9 Å². The second-order valence-corrected chi connectivity index (χ2v) is 8.19. The van der Waals surface area contributed by atoms with E-state index in [1.54, 1.807) is 7.11 Å². The number of hydrogen-bond donors (Lipinski definition) is 0. The van der Waals surface area contributed by atoms with Gasteiger partial charge < -0.3 is 4.74 Å².